The first-order valence-corrected chi connectivity index (χ1v) is 4.60. The van der Waals surface area contributed by atoms with Gasteiger partial charge in [0, 0.05) is 13.8 Å². The molecule has 0 bridgehead atoms. The lowest BCUT2D eigenvalue weighted by atomic mass is 10.0. The Kier molecular flexibility index (Phi) is 3.68. The second-order valence-electron chi connectivity index (χ2n) is 3.26. The summed E-state index contributed by atoms with van der Waals surface area (Å²) in [6, 6.07) is 0. The fourth-order valence-electron chi connectivity index (χ4n) is 1.39. The van der Waals surface area contributed by atoms with E-state index in [-0.39, 0.29) is 24.1 Å². The van der Waals surface area contributed by atoms with E-state index < -0.39 is 0 Å². The number of carbonyl (C=O) groups is 2. The van der Waals surface area contributed by atoms with Crippen LogP contribution in [0.15, 0.2) is 12.2 Å². The molecule has 0 heterocycles. The first kappa shape index (κ1) is 10.8. The van der Waals surface area contributed by atoms with E-state index in [0.717, 1.165) is 0 Å². The monoisotopic (exact) mass is 198 g/mol. The van der Waals surface area contributed by atoms with Gasteiger partial charge in [0.05, 0.1) is 0 Å². The zero-order valence-corrected chi connectivity index (χ0v) is 8.36. The maximum atomic E-state index is 10.6. The Labute approximate surface area is 82.9 Å². The summed E-state index contributed by atoms with van der Waals surface area (Å²) in [6.45, 7) is 2.76. The van der Waals surface area contributed by atoms with Gasteiger partial charge in [0.15, 0.2) is 0 Å². The lowest BCUT2D eigenvalue weighted by Crippen LogP contribution is -2.24. The van der Waals surface area contributed by atoms with Crippen molar-refractivity contribution >= 4 is 11.9 Å². The SMILES string of the molecule is CC(=O)O[C@@H]1C=C[C@@H](OC(C)=O)CC1. The van der Waals surface area contributed by atoms with Crippen molar-refractivity contribution in [1.29, 1.82) is 0 Å². The molecule has 0 unspecified atom stereocenters. The number of carbonyl (C=O) groups excluding carboxylic acids is 2. The fraction of sp³-hybridized carbons (Fsp3) is 0.600. The summed E-state index contributed by atoms with van der Waals surface area (Å²) in [5.41, 5.74) is 0. The fourth-order valence-corrected chi connectivity index (χ4v) is 1.39. The highest BCUT2D eigenvalue weighted by atomic mass is 16.5. The smallest absolute Gasteiger partial charge is 0.303 e. The molecule has 4 heteroatoms. The average molecular weight is 198 g/mol. The van der Waals surface area contributed by atoms with Gasteiger partial charge in [0.2, 0.25) is 0 Å². The van der Waals surface area contributed by atoms with Crippen molar-refractivity contribution in [2.75, 3.05) is 0 Å². The third-order valence-electron chi connectivity index (χ3n) is 1.91. The number of hydrogen-bond acceptors (Lipinski definition) is 4. The van der Waals surface area contributed by atoms with Crippen LogP contribution in [0.4, 0.5) is 0 Å². The highest BCUT2D eigenvalue weighted by Crippen LogP contribution is 2.17. The molecule has 1 rings (SSSR count). The summed E-state index contributed by atoms with van der Waals surface area (Å²) < 4.78 is 9.96. The number of rotatable bonds is 2. The molecule has 0 radical (unpaired) electrons. The normalized spacial score (nSPS) is 25.6. The molecule has 0 saturated carbocycles. The summed E-state index contributed by atoms with van der Waals surface area (Å²) in [6.07, 6.45) is 4.60. The number of ether oxygens (including phenoxy) is 2. The van der Waals surface area contributed by atoms with Gasteiger partial charge < -0.3 is 9.47 Å². The maximum absolute atomic E-state index is 10.6. The van der Waals surface area contributed by atoms with Crippen LogP contribution in [0.1, 0.15) is 26.7 Å². The van der Waals surface area contributed by atoms with E-state index in [1.54, 1.807) is 12.2 Å². The minimum absolute atomic E-state index is 0.167. The maximum Gasteiger partial charge on any atom is 0.303 e. The Balaban J connectivity index is 2.39. The molecule has 0 aromatic carbocycles. The third kappa shape index (κ3) is 3.60. The second kappa shape index (κ2) is 4.79. The van der Waals surface area contributed by atoms with Crippen LogP contribution in [0.5, 0.6) is 0 Å². The molecule has 0 fully saturated rings. The average Bonchev–Trinajstić information content (AvgIpc) is 2.06. The minimum Gasteiger partial charge on any atom is -0.458 e. The Morgan fingerprint density at radius 1 is 1.00 bits per heavy atom. The molecule has 0 aromatic heterocycles. The summed E-state index contributed by atoms with van der Waals surface area (Å²) >= 11 is 0. The van der Waals surface area contributed by atoms with E-state index in [2.05, 4.69) is 0 Å². The van der Waals surface area contributed by atoms with Crippen molar-refractivity contribution in [3.05, 3.63) is 12.2 Å². The van der Waals surface area contributed by atoms with Gasteiger partial charge in [-0.25, -0.2) is 0 Å². The molecular formula is C10H14O4. The van der Waals surface area contributed by atoms with Crippen molar-refractivity contribution in [2.45, 2.75) is 38.9 Å². The van der Waals surface area contributed by atoms with Crippen LogP contribution >= 0.6 is 0 Å². The van der Waals surface area contributed by atoms with Crippen LogP contribution in [-0.2, 0) is 19.1 Å². The van der Waals surface area contributed by atoms with Gasteiger partial charge in [-0.3, -0.25) is 9.59 Å². The molecule has 0 N–H and O–H groups in total. The third-order valence-corrected chi connectivity index (χ3v) is 1.91. The minimum atomic E-state index is -0.286. The molecular weight excluding hydrogens is 184 g/mol. The quantitative estimate of drug-likeness (QED) is 0.494. The lowest BCUT2D eigenvalue weighted by molar-refractivity contribution is -0.148. The Morgan fingerprint density at radius 3 is 1.57 bits per heavy atom. The highest BCUT2D eigenvalue weighted by molar-refractivity contribution is 5.67. The summed E-state index contributed by atoms with van der Waals surface area (Å²) in [5, 5.41) is 0. The van der Waals surface area contributed by atoms with Crippen molar-refractivity contribution in [3.63, 3.8) is 0 Å². The van der Waals surface area contributed by atoms with Gasteiger partial charge in [-0.2, -0.15) is 0 Å². The van der Waals surface area contributed by atoms with E-state index in [9.17, 15) is 9.59 Å². The molecule has 1 aliphatic rings. The van der Waals surface area contributed by atoms with E-state index >= 15 is 0 Å². The highest BCUT2D eigenvalue weighted by Gasteiger charge is 2.19. The summed E-state index contributed by atoms with van der Waals surface area (Å²) in [7, 11) is 0. The first-order chi connectivity index (χ1) is 6.58. The predicted molar refractivity (Wildman–Crippen MR) is 49.5 cm³/mol. The molecule has 78 valence electrons. The van der Waals surface area contributed by atoms with E-state index in [4.69, 9.17) is 9.47 Å². The largest absolute Gasteiger partial charge is 0.458 e. The van der Waals surface area contributed by atoms with Crippen molar-refractivity contribution in [1.82, 2.24) is 0 Å². The van der Waals surface area contributed by atoms with Crippen LogP contribution in [0.2, 0.25) is 0 Å². The van der Waals surface area contributed by atoms with Gasteiger partial charge in [0.1, 0.15) is 12.2 Å². The Bertz CT molecular complexity index is 231. The number of esters is 2. The topological polar surface area (TPSA) is 52.6 Å². The second-order valence-corrected chi connectivity index (χ2v) is 3.26. The van der Waals surface area contributed by atoms with Crippen LogP contribution in [-0.4, -0.2) is 24.1 Å². The van der Waals surface area contributed by atoms with E-state index in [0.29, 0.717) is 12.8 Å². The Hall–Kier alpha value is -1.32. The predicted octanol–water partition coefficient (Wildman–Crippen LogP) is 1.20. The molecule has 0 aromatic rings. The molecule has 0 amide bonds. The van der Waals surface area contributed by atoms with Gasteiger partial charge in [-0.15, -0.1) is 0 Å². The van der Waals surface area contributed by atoms with Crippen LogP contribution in [0.3, 0.4) is 0 Å². The first-order valence-electron chi connectivity index (χ1n) is 4.60. The summed E-state index contributed by atoms with van der Waals surface area (Å²) in [4.78, 5) is 21.3. The lowest BCUT2D eigenvalue weighted by Gasteiger charge is -2.22. The molecule has 1 aliphatic carbocycles. The van der Waals surface area contributed by atoms with Crippen molar-refractivity contribution in [2.24, 2.45) is 0 Å². The molecule has 0 aliphatic heterocycles. The van der Waals surface area contributed by atoms with Crippen LogP contribution < -0.4 is 0 Å². The molecule has 0 spiro atoms. The van der Waals surface area contributed by atoms with Gasteiger partial charge >= 0.3 is 11.9 Å². The van der Waals surface area contributed by atoms with Gasteiger partial charge in [-0.05, 0) is 25.0 Å². The van der Waals surface area contributed by atoms with E-state index in [1.807, 2.05) is 0 Å². The van der Waals surface area contributed by atoms with Crippen LogP contribution in [0.25, 0.3) is 0 Å². The van der Waals surface area contributed by atoms with E-state index in [1.165, 1.54) is 13.8 Å². The zero-order chi connectivity index (χ0) is 10.6. The zero-order valence-electron chi connectivity index (χ0n) is 8.36. The molecule has 2 atom stereocenters. The van der Waals surface area contributed by atoms with Crippen molar-refractivity contribution < 1.29 is 19.1 Å². The standard InChI is InChI=1S/C10H14O4/c1-7(11)13-9-3-5-10(6-4-9)14-8(2)12/h3,5,9-10H,4,6H2,1-2H3/t9-,10-/m1/s1. The molecule has 14 heavy (non-hydrogen) atoms. The van der Waals surface area contributed by atoms with Crippen LogP contribution in [0, 0.1) is 0 Å². The summed E-state index contributed by atoms with van der Waals surface area (Å²) in [5.74, 6) is -0.573. The van der Waals surface area contributed by atoms with Gasteiger partial charge in [0.25, 0.3) is 0 Å². The molecule has 4 nitrogen and oxygen atoms in total. The Morgan fingerprint density at radius 2 is 1.36 bits per heavy atom. The number of hydrogen-bond donors (Lipinski definition) is 0. The van der Waals surface area contributed by atoms with Crippen molar-refractivity contribution in [3.8, 4) is 0 Å². The molecule has 0 saturated heterocycles. The van der Waals surface area contributed by atoms with Gasteiger partial charge in [-0.1, -0.05) is 0 Å².